The molecule has 1 N–H and O–H groups in total. The van der Waals surface area contributed by atoms with Gasteiger partial charge in [0.25, 0.3) is 0 Å². The Morgan fingerprint density at radius 1 is 1.16 bits per heavy atom. The number of hydrogen-bond donors (Lipinski definition) is 1. The van der Waals surface area contributed by atoms with Crippen LogP contribution in [0.4, 0.5) is 0 Å². The van der Waals surface area contributed by atoms with E-state index in [1.807, 2.05) is 0 Å². The molecule has 0 bridgehead atoms. The van der Waals surface area contributed by atoms with Crippen LogP contribution in [-0.2, 0) is 0 Å². The maximum absolute atomic E-state index is 3.65. The Morgan fingerprint density at radius 3 is 2.53 bits per heavy atom. The van der Waals surface area contributed by atoms with Gasteiger partial charge in [-0.15, -0.1) is 0 Å². The fourth-order valence-electron chi connectivity index (χ4n) is 3.56. The molecule has 0 spiro atoms. The molecule has 0 saturated heterocycles. The van der Waals surface area contributed by atoms with Crippen LogP contribution in [0, 0.1) is 11.3 Å². The molecular formula is C18H29N. The van der Waals surface area contributed by atoms with Crippen LogP contribution in [0.15, 0.2) is 30.3 Å². The average molecular weight is 259 g/mol. The van der Waals surface area contributed by atoms with Gasteiger partial charge in [0.2, 0.25) is 0 Å². The summed E-state index contributed by atoms with van der Waals surface area (Å²) in [5.41, 5.74) is 2.02. The maximum atomic E-state index is 3.65. The van der Waals surface area contributed by atoms with Gasteiger partial charge in [0.15, 0.2) is 0 Å². The first-order valence-corrected chi connectivity index (χ1v) is 7.97. The fraction of sp³-hybridized carbons (Fsp3) is 0.667. The molecule has 2 rings (SSSR count). The van der Waals surface area contributed by atoms with Gasteiger partial charge < -0.3 is 5.32 Å². The highest BCUT2D eigenvalue weighted by molar-refractivity contribution is 5.27. The Kier molecular flexibility index (Phi) is 5.04. The van der Waals surface area contributed by atoms with Crippen molar-refractivity contribution in [2.45, 2.75) is 52.4 Å². The SMILES string of the molecule is CCCNCC(C)(CCC)C1CC1c1ccccc1. The van der Waals surface area contributed by atoms with E-state index < -0.39 is 0 Å². The topological polar surface area (TPSA) is 12.0 Å². The molecule has 3 unspecified atom stereocenters. The van der Waals surface area contributed by atoms with Gasteiger partial charge in [-0.05, 0) is 48.6 Å². The van der Waals surface area contributed by atoms with Crippen LogP contribution in [0.2, 0.25) is 0 Å². The maximum Gasteiger partial charge on any atom is 0.000803 e. The first-order valence-electron chi connectivity index (χ1n) is 7.97. The summed E-state index contributed by atoms with van der Waals surface area (Å²) in [6.45, 7) is 9.39. The lowest BCUT2D eigenvalue weighted by Gasteiger charge is -2.30. The van der Waals surface area contributed by atoms with E-state index in [0.717, 1.165) is 18.4 Å². The van der Waals surface area contributed by atoms with Crippen molar-refractivity contribution in [2.75, 3.05) is 13.1 Å². The van der Waals surface area contributed by atoms with Gasteiger partial charge in [-0.25, -0.2) is 0 Å². The summed E-state index contributed by atoms with van der Waals surface area (Å²) in [5.74, 6) is 1.68. The number of nitrogens with one attached hydrogen (secondary N) is 1. The van der Waals surface area contributed by atoms with Gasteiger partial charge in [-0.2, -0.15) is 0 Å². The third-order valence-corrected chi connectivity index (χ3v) is 4.69. The van der Waals surface area contributed by atoms with E-state index in [0.29, 0.717) is 5.41 Å². The summed E-state index contributed by atoms with van der Waals surface area (Å²) in [6, 6.07) is 11.1. The summed E-state index contributed by atoms with van der Waals surface area (Å²) in [5, 5.41) is 3.65. The molecule has 0 amide bonds. The third kappa shape index (κ3) is 3.60. The van der Waals surface area contributed by atoms with Gasteiger partial charge in [0.05, 0.1) is 0 Å². The Labute approximate surface area is 118 Å². The zero-order valence-corrected chi connectivity index (χ0v) is 12.8. The molecule has 1 aliphatic carbocycles. The normalized spacial score (nSPS) is 25.0. The largest absolute Gasteiger partial charge is 0.316 e. The number of hydrogen-bond acceptors (Lipinski definition) is 1. The zero-order valence-electron chi connectivity index (χ0n) is 12.8. The van der Waals surface area contributed by atoms with Crippen molar-refractivity contribution >= 4 is 0 Å². The molecule has 1 nitrogen and oxygen atoms in total. The minimum Gasteiger partial charge on any atom is -0.316 e. The van der Waals surface area contributed by atoms with Crippen LogP contribution in [0.3, 0.4) is 0 Å². The quantitative estimate of drug-likeness (QED) is 0.673. The van der Waals surface area contributed by atoms with E-state index in [1.54, 1.807) is 5.56 Å². The summed E-state index contributed by atoms with van der Waals surface area (Å²) in [4.78, 5) is 0. The van der Waals surface area contributed by atoms with Crippen LogP contribution >= 0.6 is 0 Å². The molecule has 1 aromatic rings. The lowest BCUT2D eigenvalue weighted by molar-refractivity contribution is 0.230. The van der Waals surface area contributed by atoms with E-state index in [4.69, 9.17) is 0 Å². The van der Waals surface area contributed by atoms with Crippen molar-refractivity contribution in [3.05, 3.63) is 35.9 Å². The number of rotatable bonds is 8. The van der Waals surface area contributed by atoms with E-state index in [-0.39, 0.29) is 0 Å². The monoisotopic (exact) mass is 259 g/mol. The van der Waals surface area contributed by atoms with Crippen molar-refractivity contribution in [3.8, 4) is 0 Å². The Bertz CT molecular complexity index is 373. The highest BCUT2D eigenvalue weighted by Crippen LogP contribution is 2.58. The predicted molar refractivity (Wildman–Crippen MR) is 83.5 cm³/mol. The summed E-state index contributed by atoms with van der Waals surface area (Å²) in [6.07, 6.45) is 5.25. The molecule has 106 valence electrons. The fourth-order valence-corrected chi connectivity index (χ4v) is 3.56. The summed E-state index contributed by atoms with van der Waals surface area (Å²) in [7, 11) is 0. The molecule has 3 atom stereocenters. The minimum absolute atomic E-state index is 0.477. The lowest BCUT2D eigenvalue weighted by atomic mass is 9.79. The Hall–Kier alpha value is -0.820. The van der Waals surface area contributed by atoms with Crippen molar-refractivity contribution in [1.29, 1.82) is 0 Å². The molecule has 0 heterocycles. The van der Waals surface area contributed by atoms with E-state index >= 15 is 0 Å². The van der Waals surface area contributed by atoms with Gasteiger partial charge >= 0.3 is 0 Å². The highest BCUT2D eigenvalue weighted by Gasteiger charge is 2.49. The van der Waals surface area contributed by atoms with Crippen LogP contribution in [-0.4, -0.2) is 13.1 Å². The molecule has 1 fully saturated rings. The van der Waals surface area contributed by atoms with Gasteiger partial charge in [0.1, 0.15) is 0 Å². The van der Waals surface area contributed by atoms with Crippen molar-refractivity contribution in [3.63, 3.8) is 0 Å². The van der Waals surface area contributed by atoms with Gasteiger partial charge in [0, 0.05) is 6.54 Å². The first kappa shape index (κ1) is 14.6. The van der Waals surface area contributed by atoms with Crippen LogP contribution in [0.1, 0.15) is 57.9 Å². The molecular weight excluding hydrogens is 230 g/mol. The van der Waals surface area contributed by atoms with Crippen LogP contribution in [0.5, 0.6) is 0 Å². The molecule has 0 aromatic heterocycles. The Balaban J connectivity index is 1.97. The second-order valence-corrected chi connectivity index (χ2v) is 6.44. The smallest absolute Gasteiger partial charge is 0.000803 e. The van der Waals surface area contributed by atoms with Crippen molar-refractivity contribution < 1.29 is 0 Å². The predicted octanol–water partition coefficient (Wildman–Crippen LogP) is 4.60. The van der Waals surface area contributed by atoms with Crippen LogP contribution < -0.4 is 5.32 Å². The van der Waals surface area contributed by atoms with Crippen LogP contribution in [0.25, 0.3) is 0 Å². The third-order valence-electron chi connectivity index (χ3n) is 4.69. The molecule has 0 radical (unpaired) electrons. The molecule has 1 saturated carbocycles. The molecule has 1 aliphatic rings. The molecule has 1 aromatic carbocycles. The Morgan fingerprint density at radius 2 is 1.89 bits per heavy atom. The molecule has 19 heavy (non-hydrogen) atoms. The minimum atomic E-state index is 0.477. The van der Waals surface area contributed by atoms with Crippen molar-refractivity contribution in [1.82, 2.24) is 5.32 Å². The lowest BCUT2D eigenvalue weighted by Crippen LogP contribution is -2.34. The average Bonchev–Trinajstić information content (AvgIpc) is 3.21. The summed E-state index contributed by atoms with van der Waals surface area (Å²) >= 11 is 0. The standard InChI is InChI=1S/C18H29N/c1-4-11-18(3,14-19-12-5-2)17-13-16(17)15-9-7-6-8-10-15/h6-10,16-17,19H,4-5,11-14H2,1-3H3. The molecule has 0 aliphatic heterocycles. The highest BCUT2D eigenvalue weighted by atomic mass is 14.9. The van der Waals surface area contributed by atoms with Crippen molar-refractivity contribution in [2.24, 2.45) is 11.3 Å². The molecule has 1 heteroatoms. The second-order valence-electron chi connectivity index (χ2n) is 6.44. The number of benzene rings is 1. The van der Waals surface area contributed by atoms with Gasteiger partial charge in [-0.3, -0.25) is 0 Å². The van der Waals surface area contributed by atoms with E-state index in [9.17, 15) is 0 Å². The zero-order chi connectivity index (χ0) is 13.7. The van der Waals surface area contributed by atoms with E-state index in [1.165, 1.54) is 32.2 Å². The summed E-state index contributed by atoms with van der Waals surface area (Å²) < 4.78 is 0. The van der Waals surface area contributed by atoms with Gasteiger partial charge in [-0.1, -0.05) is 57.5 Å². The van der Waals surface area contributed by atoms with E-state index in [2.05, 4.69) is 56.4 Å². The second kappa shape index (κ2) is 6.56. The first-order chi connectivity index (χ1) is 9.21.